The molecule has 3 rings (SSSR count). The summed E-state index contributed by atoms with van der Waals surface area (Å²) in [5.74, 6) is -0.409. The van der Waals surface area contributed by atoms with E-state index in [2.05, 4.69) is 0 Å². The van der Waals surface area contributed by atoms with Crippen molar-refractivity contribution in [1.29, 1.82) is 0 Å². The van der Waals surface area contributed by atoms with Gasteiger partial charge >= 0.3 is 0 Å². The van der Waals surface area contributed by atoms with Gasteiger partial charge in [0.15, 0.2) is 9.84 Å². The SMILES string of the molecule is CC(C)C(=O)N1CCN(Cc2ccccc2F)[C@@H]2CS(=O)(=O)C[C@@H]21. The average Bonchev–Trinajstić information content (AvgIpc) is 2.84. The molecule has 2 fully saturated rings. The first kappa shape index (κ1) is 17.4. The van der Waals surface area contributed by atoms with Crippen LogP contribution in [0.3, 0.4) is 0 Å². The molecule has 1 aromatic rings. The molecule has 2 aliphatic heterocycles. The van der Waals surface area contributed by atoms with E-state index in [1.165, 1.54) is 6.07 Å². The van der Waals surface area contributed by atoms with E-state index in [0.29, 0.717) is 25.2 Å². The monoisotopic (exact) mass is 354 g/mol. The van der Waals surface area contributed by atoms with Gasteiger partial charge in [0, 0.05) is 37.2 Å². The molecule has 7 heteroatoms. The molecule has 0 bridgehead atoms. The highest BCUT2D eigenvalue weighted by Crippen LogP contribution is 2.29. The van der Waals surface area contributed by atoms with E-state index in [4.69, 9.17) is 0 Å². The molecule has 1 aromatic carbocycles. The lowest BCUT2D eigenvalue weighted by atomic mass is 10.0. The topological polar surface area (TPSA) is 57.7 Å². The zero-order valence-electron chi connectivity index (χ0n) is 14.0. The number of hydrogen-bond acceptors (Lipinski definition) is 4. The van der Waals surface area contributed by atoms with Gasteiger partial charge in [0.25, 0.3) is 0 Å². The molecule has 0 unspecified atom stereocenters. The average molecular weight is 354 g/mol. The predicted octanol–water partition coefficient (Wildman–Crippen LogP) is 1.29. The molecule has 0 N–H and O–H groups in total. The summed E-state index contributed by atoms with van der Waals surface area (Å²) in [4.78, 5) is 16.2. The number of rotatable bonds is 3. The molecular weight excluding hydrogens is 331 g/mol. The van der Waals surface area contributed by atoms with E-state index in [-0.39, 0.29) is 41.2 Å². The van der Waals surface area contributed by atoms with Gasteiger partial charge in [-0.2, -0.15) is 0 Å². The molecule has 1 amide bonds. The van der Waals surface area contributed by atoms with Gasteiger partial charge in [-0.3, -0.25) is 9.69 Å². The van der Waals surface area contributed by atoms with E-state index in [9.17, 15) is 17.6 Å². The van der Waals surface area contributed by atoms with Crippen LogP contribution in [0.2, 0.25) is 0 Å². The van der Waals surface area contributed by atoms with Crippen molar-refractivity contribution in [2.45, 2.75) is 32.5 Å². The smallest absolute Gasteiger partial charge is 0.225 e. The van der Waals surface area contributed by atoms with Crippen LogP contribution in [-0.2, 0) is 21.2 Å². The highest BCUT2D eigenvalue weighted by atomic mass is 32.2. The van der Waals surface area contributed by atoms with Gasteiger partial charge in [-0.05, 0) is 6.07 Å². The van der Waals surface area contributed by atoms with E-state index in [1.54, 1.807) is 23.1 Å². The number of hydrogen-bond donors (Lipinski definition) is 0. The Kier molecular flexibility index (Phi) is 4.66. The van der Waals surface area contributed by atoms with Gasteiger partial charge in [0.1, 0.15) is 5.82 Å². The van der Waals surface area contributed by atoms with Gasteiger partial charge < -0.3 is 4.90 Å². The molecule has 0 saturated carbocycles. The molecular formula is C17H23FN2O3S. The molecule has 5 nitrogen and oxygen atoms in total. The van der Waals surface area contributed by atoms with Crippen LogP contribution < -0.4 is 0 Å². The third-order valence-electron chi connectivity index (χ3n) is 4.90. The summed E-state index contributed by atoms with van der Waals surface area (Å²) in [5.41, 5.74) is 0.559. The minimum absolute atomic E-state index is 0.00387. The lowest BCUT2D eigenvalue weighted by molar-refractivity contribution is -0.140. The minimum atomic E-state index is -3.19. The first-order valence-electron chi connectivity index (χ1n) is 8.27. The summed E-state index contributed by atoms with van der Waals surface area (Å²) in [5, 5.41) is 0. The van der Waals surface area contributed by atoms with Crippen LogP contribution in [0.5, 0.6) is 0 Å². The second-order valence-corrected chi connectivity index (χ2v) is 9.11. The number of amides is 1. The number of carbonyl (C=O) groups is 1. The molecule has 24 heavy (non-hydrogen) atoms. The molecule has 0 radical (unpaired) electrons. The summed E-state index contributed by atoms with van der Waals surface area (Å²) in [6, 6.07) is 5.97. The normalized spacial score (nSPS) is 26.6. The minimum Gasteiger partial charge on any atom is -0.336 e. The second-order valence-electron chi connectivity index (χ2n) is 6.96. The molecule has 0 spiro atoms. The van der Waals surface area contributed by atoms with Gasteiger partial charge in [-0.25, -0.2) is 12.8 Å². The predicted molar refractivity (Wildman–Crippen MR) is 89.6 cm³/mol. The Balaban J connectivity index is 1.85. The number of nitrogens with zero attached hydrogens (tertiary/aromatic N) is 2. The second kappa shape index (κ2) is 6.44. The van der Waals surface area contributed by atoms with Crippen molar-refractivity contribution in [1.82, 2.24) is 9.80 Å². The van der Waals surface area contributed by atoms with Crippen LogP contribution in [0.4, 0.5) is 4.39 Å². The van der Waals surface area contributed by atoms with Crippen LogP contribution in [0.25, 0.3) is 0 Å². The van der Waals surface area contributed by atoms with Crippen LogP contribution in [-0.4, -0.2) is 60.8 Å². The fourth-order valence-electron chi connectivity index (χ4n) is 3.67. The Morgan fingerprint density at radius 3 is 2.54 bits per heavy atom. The maximum absolute atomic E-state index is 13.9. The van der Waals surface area contributed by atoms with Gasteiger partial charge in [-0.1, -0.05) is 32.0 Å². The Labute approximate surface area is 142 Å². The molecule has 2 saturated heterocycles. The van der Waals surface area contributed by atoms with E-state index >= 15 is 0 Å². The fourth-order valence-corrected chi connectivity index (χ4v) is 5.68. The maximum atomic E-state index is 13.9. The highest BCUT2D eigenvalue weighted by Gasteiger charge is 2.48. The van der Waals surface area contributed by atoms with Gasteiger partial charge in [-0.15, -0.1) is 0 Å². The summed E-state index contributed by atoms with van der Waals surface area (Å²) in [6.07, 6.45) is 0. The van der Waals surface area contributed by atoms with Crippen molar-refractivity contribution in [2.75, 3.05) is 24.6 Å². The van der Waals surface area contributed by atoms with Crippen LogP contribution in [0.1, 0.15) is 19.4 Å². The molecule has 2 heterocycles. The zero-order valence-corrected chi connectivity index (χ0v) is 14.8. The standard InChI is InChI=1S/C17H23FN2O3S/c1-12(2)17(21)20-8-7-19(9-13-5-3-4-6-14(13)18)15-10-24(22,23)11-16(15)20/h3-6,12,15-16H,7-11H2,1-2H3/t15-,16+/m1/s1. The van der Waals surface area contributed by atoms with E-state index in [1.807, 2.05) is 18.7 Å². The molecule has 0 aliphatic carbocycles. The van der Waals surface area contributed by atoms with Crippen molar-refractivity contribution < 1.29 is 17.6 Å². The summed E-state index contributed by atoms with van der Waals surface area (Å²) in [7, 11) is -3.19. The van der Waals surface area contributed by atoms with Crippen molar-refractivity contribution >= 4 is 15.7 Å². The summed E-state index contributed by atoms with van der Waals surface area (Å²) >= 11 is 0. The summed E-state index contributed by atoms with van der Waals surface area (Å²) < 4.78 is 38.3. The van der Waals surface area contributed by atoms with Crippen molar-refractivity contribution in [2.24, 2.45) is 5.92 Å². The van der Waals surface area contributed by atoms with Crippen molar-refractivity contribution in [3.8, 4) is 0 Å². The molecule has 2 aliphatic rings. The van der Waals surface area contributed by atoms with Crippen molar-refractivity contribution in [3.63, 3.8) is 0 Å². The molecule has 0 aromatic heterocycles. The third kappa shape index (κ3) is 3.32. The number of piperazine rings is 1. The highest BCUT2D eigenvalue weighted by molar-refractivity contribution is 7.91. The quantitative estimate of drug-likeness (QED) is 0.821. The Morgan fingerprint density at radius 1 is 1.21 bits per heavy atom. The number of sulfone groups is 1. The lowest BCUT2D eigenvalue weighted by Gasteiger charge is -2.44. The number of halogens is 1. The summed E-state index contributed by atoms with van der Waals surface area (Å²) in [6.45, 7) is 5.07. The van der Waals surface area contributed by atoms with E-state index in [0.717, 1.165) is 0 Å². The molecule has 2 atom stereocenters. The maximum Gasteiger partial charge on any atom is 0.225 e. The molecule has 132 valence electrons. The van der Waals surface area contributed by atoms with Crippen LogP contribution >= 0.6 is 0 Å². The van der Waals surface area contributed by atoms with Gasteiger partial charge in [0.05, 0.1) is 17.5 Å². The lowest BCUT2D eigenvalue weighted by Crippen LogP contribution is -2.60. The van der Waals surface area contributed by atoms with Crippen LogP contribution in [0, 0.1) is 11.7 Å². The zero-order chi connectivity index (χ0) is 17.5. The Bertz CT molecular complexity index is 735. The number of benzene rings is 1. The first-order chi connectivity index (χ1) is 11.3. The van der Waals surface area contributed by atoms with E-state index < -0.39 is 9.84 Å². The third-order valence-corrected chi connectivity index (χ3v) is 6.60. The number of carbonyl (C=O) groups excluding carboxylic acids is 1. The number of fused-ring (bicyclic) bond motifs is 1. The van der Waals surface area contributed by atoms with Gasteiger partial charge in [0.2, 0.25) is 5.91 Å². The Morgan fingerprint density at radius 2 is 1.88 bits per heavy atom. The first-order valence-corrected chi connectivity index (χ1v) is 10.1. The van der Waals surface area contributed by atoms with Crippen molar-refractivity contribution in [3.05, 3.63) is 35.6 Å². The largest absolute Gasteiger partial charge is 0.336 e. The fraction of sp³-hybridized carbons (Fsp3) is 0.588. The van der Waals surface area contributed by atoms with Crippen LogP contribution in [0.15, 0.2) is 24.3 Å². The Hall–Kier alpha value is -1.47.